The normalized spacial score (nSPS) is 16.3. The topological polar surface area (TPSA) is 65.5 Å². The number of thiazole rings is 1. The van der Waals surface area contributed by atoms with Crippen LogP contribution in [0.15, 0.2) is 29.6 Å². The summed E-state index contributed by atoms with van der Waals surface area (Å²) >= 11 is 7.57. The van der Waals surface area contributed by atoms with E-state index in [9.17, 15) is 9.59 Å². The van der Waals surface area contributed by atoms with Crippen molar-refractivity contribution in [2.45, 2.75) is 19.9 Å². The standard InChI is InChI=1S/C18H21ClN4O2S/c1-12(14-5-3-4-6-15(14)19)22-7-9-23(10-8-22)17(25)16-11-26-18(21-16)20-13(2)24/h3-6,11-12H,7-10H2,1-2H3,(H,20,21,24). The number of aromatic nitrogens is 1. The fourth-order valence-corrected chi connectivity index (χ4v) is 4.09. The lowest BCUT2D eigenvalue weighted by molar-refractivity contribution is -0.114. The van der Waals surface area contributed by atoms with Gasteiger partial charge in [-0.05, 0) is 18.6 Å². The molecule has 2 heterocycles. The van der Waals surface area contributed by atoms with E-state index in [-0.39, 0.29) is 17.9 Å². The highest BCUT2D eigenvalue weighted by molar-refractivity contribution is 7.14. The zero-order valence-corrected chi connectivity index (χ0v) is 16.3. The third-order valence-corrected chi connectivity index (χ3v) is 5.61. The number of benzene rings is 1. The van der Waals surface area contributed by atoms with E-state index >= 15 is 0 Å². The highest BCUT2D eigenvalue weighted by Crippen LogP contribution is 2.28. The van der Waals surface area contributed by atoms with Crippen LogP contribution in [0.1, 0.15) is 35.9 Å². The largest absolute Gasteiger partial charge is 0.335 e. The summed E-state index contributed by atoms with van der Waals surface area (Å²) in [5, 5.41) is 5.51. The lowest BCUT2D eigenvalue weighted by Crippen LogP contribution is -2.49. The zero-order chi connectivity index (χ0) is 18.7. The first-order valence-electron chi connectivity index (χ1n) is 8.46. The Balaban J connectivity index is 1.59. The summed E-state index contributed by atoms with van der Waals surface area (Å²) in [5.74, 6) is -0.288. The van der Waals surface area contributed by atoms with Crippen molar-refractivity contribution in [1.82, 2.24) is 14.8 Å². The van der Waals surface area contributed by atoms with Gasteiger partial charge in [0.15, 0.2) is 5.13 Å². The van der Waals surface area contributed by atoms with Crippen LogP contribution in [0.25, 0.3) is 0 Å². The van der Waals surface area contributed by atoms with Crippen molar-refractivity contribution in [2.75, 3.05) is 31.5 Å². The number of carbonyl (C=O) groups excluding carboxylic acids is 2. The van der Waals surface area contributed by atoms with Gasteiger partial charge in [-0.1, -0.05) is 29.8 Å². The lowest BCUT2D eigenvalue weighted by Gasteiger charge is -2.38. The minimum atomic E-state index is -0.194. The summed E-state index contributed by atoms with van der Waals surface area (Å²) in [6, 6.07) is 8.07. The van der Waals surface area contributed by atoms with Gasteiger partial charge in [0.2, 0.25) is 5.91 Å². The van der Waals surface area contributed by atoms with Crippen molar-refractivity contribution in [2.24, 2.45) is 0 Å². The predicted molar refractivity (Wildman–Crippen MR) is 104 cm³/mol. The molecule has 0 saturated carbocycles. The van der Waals surface area contributed by atoms with Crippen LogP contribution >= 0.6 is 22.9 Å². The van der Waals surface area contributed by atoms with E-state index in [1.807, 2.05) is 29.2 Å². The maximum absolute atomic E-state index is 12.6. The predicted octanol–water partition coefficient (Wildman–Crippen LogP) is 3.27. The number of hydrogen-bond acceptors (Lipinski definition) is 5. The monoisotopic (exact) mass is 392 g/mol. The maximum Gasteiger partial charge on any atom is 0.273 e. The van der Waals surface area contributed by atoms with Crippen LogP contribution in [0.5, 0.6) is 0 Å². The number of amides is 2. The number of piperazine rings is 1. The molecule has 0 radical (unpaired) electrons. The Morgan fingerprint density at radius 3 is 2.58 bits per heavy atom. The van der Waals surface area contributed by atoms with Gasteiger partial charge in [-0.25, -0.2) is 4.98 Å². The number of halogens is 1. The molecular weight excluding hydrogens is 372 g/mol. The van der Waals surface area contributed by atoms with E-state index in [2.05, 4.69) is 22.1 Å². The number of anilines is 1. The molecule has 1 aromatic carbocycles. The molecule has 6 nitrogen and oxygen atoms in total. The zero-order valence-electron chi connectivity index (χ0n) is 14.7. The Hall–Kier alpha value is -1.96. The minimum absolute atomic E-state index is 0.0945. The highest BCUT2D eigenvalue weighted by atomic mass is 35.5. The number of nitrogens with one attached hydrogen (secondary N) is 1. The lowest BCUT2D eigenvalue weighted by atomic mass is 10.1. The van der Waals surface area contributed by atoms with Crippen LogP contribution < -0.4 is 5.32 Å². The van der Waals surface area contributed by atoms with Crippen molar-refractivity contribution in [1.29, 1.82) is 0 Å². The van der Waals surface area contributed by atoms with Crippen molar-refractivity contribution < 1.29 is 9.59 Å². The molecular formula is C18H21ClN4O2S. The fraction of sp³-hybridized carbons (Fsp3) is 0.389. The first-order valence-corrected chi connectivity index (χ1v) is 9.72. The molecule has 8 heteroatoms. The van der Waals surface area contributed by atoms with Gasteiger partial charge in [0.1, 0.15) is 5.69 Å². The summed E-state index contributed by atoms with van der Waals surface area (Å²) in [7, 11) is 0. The fourth-order valence-electron chi connectivity index (χ4n) is 3.06. The molecule has 2 aromatic rings. The summed E-state index contributed by atoms with van der Waals surface area (Å²) in [6.45, 7) is 6.39. The van der Waals surface area contributed by atoms with Gasteiger partial charge in [0.25, 0.3) is 5.91 Å². The smallest absolute Gasteiger partial charge is 0.273 e. The molecule has 26 heavy (non-hydrogen) atoms. The van der Waals surface area contributed by atoms with Gasteiger partial charge < -0.3 is 10.2 Å². The van der Waals surface area contributed by atoms with Crippen LogP contribution in [0.2, 0.25) is 5.02 Å². The van der Waals surface area contributed by atoms with Crippen molar-refractivity contribution >= 4 is 39.9 Å². The first-order chi connectivity index (χ1) is 12.5. The molecule has 1 fully saturated rings. The van der Waals surface area contributed by atoms with Gasteiger partial charge in [-0.2, -0.15) is 0 Å². The summed E-state index contributed by atoms with van der Waals surface area (Å²) in [5.41, 5.74) is 1.49. The Labute approximate surface area is 161 Å². The SMILES string of the molecule is CC(=O)Nc1nc(C(=O)N2CCN(C(C)c3ccccc3Cl)CC2)cs1. The summed E-state index contributed by atoms with van der Waals surface area (Å²) < 4.78 is 0. The van der Waals surface area contributed by atoms with Crippen LogP contribution in [-0.2, 0) is 4.79 Å². The first kappa shape index (κ1) is 18.8. The molecule has 138 valence electrons. The maximum atomic E-state index is 12.6. The third kappa shape index (κ3) is 4.23. The molecule has 1 aliphatic rings. The summed E-state index contributed by atoms with van der Waals surface area (Å²) in [4.78, 5) is 32.0. The quantitative estimate of drug-likeness (QED) is 0.867. The number of nitrogens with zero attached hydrogens (tertiary/aromatic N) is 3. The Morgan fingerprint density at radius 1 is 1.23 bits per heavy atom. The molecule has 1 aromatic heterocycles. The second-order valence-electron chi connectivity index (χ2n) is 6.24. The van der Waals surface area contributed by atoms with E-state index < -0.39 is 0 Å². The second kappa shape index (κ2) is 8.16. The minimum Gasteiger partial charge on any atom is -0.335 e. The van der Waals surface area contributed by atoms with E-state index in [0.717, 1.165) is 23.7 Å². The molecule has 0 bridgehead atoms. The molecule has 1 aliphatic heterocycles. The van der Waals surface area contributed by atoms with Crippen molar-refractivity contribution in [3.8, 4) is 0 Å². The molecule has 0 spiro atoms. The van der Waals surface area contributed by atoms with Crippen LogP contribution in [0.4, 0.5) is 5.13 Å². The van der Waals surface area contributed by atoms with Gasteiger partial charge in [-0.3, -0.25) is 14.5 Å². The van der Waals surface area contributed by atoms with Crippen LogP contribution in [-0.4, -0.2) is 52.8 Å². The highest BCUT2D eigenvalue weighted by Gasteiger charge is 2.27. The molecule has 0 aliphatic carbocycles. The van der Waals surface area contributed by atoms with Crippen LogP contribution in [0, 0.1) is 0 Å². The van der Waals surface area contributed by atoms with Gasteiger partial charge in [0.05, 0.1) is 0 Å². The van der Waals surface area contributed by atoms with Crippen molar-refractivity contribution in [3.63, 3.8) is 0 Å². The van der Waals surface area contributed by atoms with E-state index in [1.165, 1.54) is 18.3 Å². The molecule has 1 N–H and O–H groups in total. The average Bonchev–Trinajstić information content (AvgIpc) is 3.09. The molecule has 1 saturated heterocycles. The van der Waals surface area contributed by atoms with E-state index in [0.29, 0.717) is 23.9 Å². The Bertz CT molecular complexity index is 802. The van der Waals surface area contributed by atoms with Gasteiger partial charge in [-0.15, -0.1) is 11.3 Å². The second-order valence-corrected chi connectivity index (χ2v) is 7.51. The third-order valence-electron chi connectivity index (χ3n) is 4.51. The van der Waals surface area contributed by atoms with Gasteiger partial charge >= 0.3 is 0 Å². The van der Waals surface area contributed by atoms with Gasteiger partial charge in [0, 0.05) is 49.5 Å². The molecule has 2 amide bonds. The van der Waals surface area contributed by atoms with E-state index in [4.69, 9.17) is 11.6 Å². The van der Waals surface area contributed by atoms with Crippen LogP contribution in [0.3, 0.4) is 0 Å². The number of rotatable bonds is 4. The van der Waals surface area contributed by atoms with Crippen molar-refractivity contribution in [3.05, 3.63) is 45.9 Å². The Kier molecular flexibility index (Phi) is 5.90. The summed E-state index contributed by atoms with van der Waals surface area (Å²) in [6.07, 6.45) is 0. The number of hydrogen-bond donors (Lipinski definition) is 1. The Morgan fingerprint density at radius 2 is 1.92 bits per heavy atom. The molecule has 3 rings (SSSR count). The average molecular weight is 393 g/mol. The number of carbonyl (C=O) groups is 2. The molecule has 1 atom stereocenters. The van der Waals surface area contributed by atoms with E-state index in [1.54, 1.807) is 5.38 Å². The molecule has 1 unspecified atom stereocenters.